The van der Waals surface area contributed by atoms with Crippen LogP contribution >= 0.6 is 23.2 Å². The molecule has 2 atom stereocenters. The summed E-state index contributed by atoms with van der Waals surface area (Å²) in [5.74, 6) is 1.55. The highest BCUT2D eigenvalue weighted by atomic mass is 35.5. The van der Waals surface area contributed by atoms with Crippen LogP contribution in [-0.2, 0) is 12.6 Å². The van der Waals surface area contributed by atoms with E-state index in [2.05, 4.69) is 26.3 Å². The minimum Gasteiger partial charge on any atom is -0.493 e. The van der Waals surface area contributed by atoms with E-state index in [9.17, 15) is 5.26 Å². The van der Waals surface area contributed by atoms with Gasteiger partial charge < -0.3 is 20.1 Å². The monoisotopic (exact) mass is 603 g/mol. The van der Waals surface area contributed by atoms with Gasteiger partial charge in [-0.2, -0.15) is 15.5 Å². The number of ether oxygens (including phenoxy) is 2. The number of nitrogens with one attached hydrogen (secondary N) is 1. The summed E-state index contributed by atoms with van der Waals surface area (Å²) >= 11 is 12.7. The molecule has 11 nitrogen and oxygen atoms in total. The first-order valence-corrected chi connectivity index (χ1v) is 13.9. The second-order valence-electron chi connectivity index (χ2n) is 10.3. The number of fused-ring (bicyclic) bond motifs is 1. The lowest BCUT2D eigenvalue weighted by molar-refractivity contribution is 0.216. The predicted molar refractivity (Wildman–Crippen MR) is 160 cm³/mol. The van der Waals surface area contributed by atoms with Gasteiger partial charge in [0.05, 0.1) is 39.5 Å². The Labute approximate surface area is 251 Å². The number of rotatable bonds is 7. The van der Waals surface area contributed by atoms with Gasteiger partial charge in [-0.1, -0.05) is 23.2 Å². The first kappa shape index (κ1) is 27.8. The summed E-state index contributed by atoms with van der Waals surface area (Å²) in [4.78, 5) is 10.8. The molecule has 1 aliphatic heterocycles. The van der Waals surface area contributed by atoms with Crippen LogP contribution in [0.4, 0.5) is 5.82 Å². The molecule has 13 heteroatoms. The van der Waals surface area contributed by atoms with Gasteiger partial charge in [-0.25, -0.2) is 4.98 Å². The zero-order valence-electron chi connectivity index (χ0n) is 23.1. The van der Waals surface area contributed by atoms with E-state index in [1.54, 1.807) is 30.1 Å². The van der Waals surface area contributed by atoms with Crippen molar-refractivity contribution in [1.29, 1.82) is 5.26 Å². The Kier molecular flexibility index (Phi) is 7.14. The number of nitrogens with zero attached hydrogens (tertiary/aromatic N) is 7. The lowest BCUT2D eigenvalue weighted by Gasteiger charge is -2.24. The number of pyridine rings is 2. The molecule has 6 rings (SSSR count). The zero-order chi connectivity index (χ0) is 29.6. The average Bonchev–Trinajstić information content (AvgIpc) is 3.71. The Morgan fingerprint density at radius 1 is 1.17 bits per heavy atom. The third-order valence-corrected chi connectivity index (χ3v) is 8.13. The largest absolute Gasteiger partial charge is 0.493 e. The second kappa shape index (κ2) is 10.8. The van der Waals surface area contributed by atoms with Crippen molar-refractivity contribution in [3.63, 3.8) is 0 Å². The first-order valence-electron chi connectivity index (χ1n) is 13.2. The van der Waals surface area contributed by atoms with Crippen LogP contribution < -0.4 is 20.1 Å². The van der Waals surface area contributed by atoms with Gasteiger partial charge in [0.15, 0.2) is 11.5 Å². The molecule has 214 valence electrons. The van der Waals surface area contributed by atoms with E-state index in [1.807, 2.05) is 37.2 Å². The summed E-state index contributed by atoms with van der Waals surface area (Å²) in [6.07, 6.45) is 6.84. The molecule has 0 radical (unpaired) electrons. The molecule has 0 amide bonds. The van der Waals surface area contributed by atoms with E-state index in [4.69, 9.17) is 43.4 Å². The average molecular weight is 605 g/mol. The predicted octanol–water partition coefficient (Wildman–Crippen LogP) is 5.14. The van der Waals surface area contributed by atoms with Crippen molar-refractivity contribution in [2.45, 2.75) is 25.0 Å². The number of aryl methyl sites for hydroxylation is 1. The van der Waals surface area contributed by atoms with Crippen molar-refractivity contribution >= 4 is 39.9 Å². The van der Waals surface area contributed by atoms with Gasteiger partial charge in [0.25, 0.3) is 0 Å². The number of hydrogen-bond donors (Lipinski definition) is 2. The molecule has 0 aliphatic carbocycles. The van der Waals surface area contributed by atoms with Gasteiger partial charge in [0.2, 0.25) is 0 Å². The van der Waals surface area contributed by atoms with E-state index in [0.717, 1.165) is 16.6 Å². The fraction of sp³-hybridized carbons (Fsp3) is 0.276. The van der Waals surface area contributed by atoms with Gasteiger partial charge in [-0.15, -0.1) is 0 Å². The zero-order valence-corrected chi connectivity index (χ0v) is 24.6. The topological polar surface area (TPSA) is 144 Å². The van der Waals surface area contributed by atoms with E-state index in [0.29, 0.717) is 69.3 Å². The molecule has 0 bridgehead atoms. The number of hydrogen-bond acceptors (Lipinski definition) is 9. The Morgan fingerprint density at radius 3 is 2.64 bits per heavy atom. The molecular formula is C29H27Cl2N9O2. The number of halogens is 2. The number of nitrogens with two attached hydrogens (primary N) is 1. The number of nitriles is 1. The van der Waals surface area contributed by atoms with Crippen LogP contribution in [0.5, 0.6) is 11.5 Å². The lowest BCUT2D eigenvalue weighted by Crippen LogP contribution is -2.40. The minimum atomic E-state index is -0.621. The molecule has 5 heterocycles. The van der Waals surface area contributed by atoms with Crippen molar-refractivity contribution in [2.75, 3.05) is 25.1 Å². The van der Waals surface area contributed by atoms with Gasteiger partial charge in [0, 0.05) is 67.5 Å². The maximum absolute atomic E-state index is 10.1. The lowest BCUT2D eigenvalue weighted by atomic mass is 9.96. The first-order chi connectivity index (χ1) is 20.2. The molecular weight excluding hydrogens is 577 g/mol. The van der Waals surface area contributed by atoms with Crippen molar-refractivity contribution in [1.82, 2.24) is 29.9 Å². The van der Waals surface area contributed by atoms with E-state index >= 15 is 0 Å². The summed E-state index contributed by atoms with van der Waals surface area (Å²) in [5, 5.41) is 23.7. The molecule has 1 aliphatic rings. The Balaban J connectivity index is 1.32. The van der Waals surface area contributed by atoms with Crippen molar-refractivity contribution in [3.8, 4) is 28.8 Å². The number of methoxy groups -OCH3 is 1. The summed E-state index contributed by atoms with van der Waals surface area (Å²) in [5.41, 5.74) is 9.99. The smallest absolute Gasteiger partial charge is 0.162 e. The highest BCUT2D eigenvalue weighted by Crippen LogP contribution is 2.40. The van der Waals surface area contributed by atoms with Crippen molar-refractivity contribution in [2.24, 2.45) is 12.8 Å². The fourth-order valence-corrected chi connectivity index (χ4v) is 6.05. The van der Waals surface area contributed by atoms with Crippen LogP contribution in [0.15, 0.2) is 49.1 Å². The van der Waals surface area contributed by atoms with Crippen LogP contribution in [0.25, 0.3) is 22.2 Å². The maximum Gasteiger partial charge on any atom is 0.162 e. The fourth-order valence-electron chi connectivity index (χ4n) is 5.38. The van der Waals surface area contributed by atoms with E-state index in [1.165, 1.54) is 12.4 Å². The molecule has 42 heavy (non-hydrogen) atoms. The third kappa shape index (κ3) is 4.87. The van der Waals surface area contributed by atoms with Crippen LogP contribution in [0.2, 0.25) is 10.0 Å². The Hall–Kier alpha value is -4.37. The number of benzene rings is 1. The van der Waals surface area contributed by atoms with Crippen LogP contribution in [-0.4, -0.2) is 50.1 Å². The number of anilines is 1. The summed E-state index contributed by atoms with van der Waals surface area (Å²) in [7, 11) is 3.43. The van der Waals surface area contributed by atoms with E-state index < -0.39 is 11.6 Å². The summed E-state index contributed by atoms with van der Waals surface area (Å²) < 4.78 is 13.6. The van der Waals surface area contributed by atoms with Crippen molar-refractivity contribution < 1.29 is 9.47 Å². The van der Waals surface area contributed by atoms with Gasteiger partial charge in [-0.3, -0.25) is 14.8 Å². The normalized spacial score (nSPS) is 17.4. The van der Waals surface area contributed by atoms with E-state index in [-0.39, 0.29) is 0 Å². The molecule has 0 unspecified atom stereocenters. The van der Waals surface area contributed by atoms with Gasteiger partial charge >= 0.3 is 0 Å². The quantitative estimate of drug-likeness (QED) is 0.258. The summed E-state index contributed by atoms with van der Waals surface area (Å²) in [6.45, 7) is 3.00. The molecule has 0 saturated carbocycles. The Morgan fingerprint density at radius 2 is 1.95 bits per heavy atom. The molecule has 3 N–H and O–H groups in total. The third-order valence-electron chi connectivity index (χ3n) is 7.53. The van der Waals surface area contributed by atoms with Gasteiger partial charge in [0.1, 0.15) is 23.7 Å². The van der Waals surface area contributed by atoms with Crippen LogP contribution in [0.3, 0.4) is 0 Å². The molecule has 4 aromatic heterocycles. The van der Waals surface area contributed by atoms with Gasteiger partial charge in [-0.05, 0) is 31.5 Å². The van der Waals surface area contributed by atoms with Crippen molar-refractivity contribution in [3.05, 3.63) is 75.9 Å². The molecule has 1 saturated heterocycles. The number of H-pyrrole nitrogens is 1. The standard InChI is InChI=1S/C29H27Cl2N9O2/c1-16(26-20(30)13-34-14-21(26)31)42-24-9-19-22(10-23(24)41-3)36-37-27(19)18-8-17(11-32)28(35-12-18)40-7-5-29(33,15-40)25-4-6-39(2)38-25/h4,6,8-10,12-14,16H,5,7,15,33H2,1-3H3,(H,36,37)/t16-,29+/m1/s1. The number of aromatic nitrogens is 6. The Bertz CT molecular complexity index is 1830. The molecule has 1 aromatic carbocycles. The second-order valence-corrected chi connectivity index (χ2v) is 11.1. The molecule has 1 fully saturated rings. The summed E-state index contributed by atoms with van der Waals surface area (Å²) in [6, 6.07) is 9.67. The highest BCUT2D eigenvalue weighted by molar-refractivity contribution is 6.35. The SMILES string of the molecule is COc1cc2[nH]nc(-c3cnc(N4CC[C@@](N)(c5ccn(C)n5)C4)c(C#N)c3)c2cc1O[C@H](C)c1c(Cl)cncc1Cl. The van der Waals surface area contributed by atoms with Crippen LogP contribution in [0.1, 0.15) is 36.3 Å². The highest BCUT2D eigenvalue weighted by Gasteiger charge is 2.39. The maximum atomic E-state index is 10.1. The minimum absolute atomic E-state index is 0.402. The molecule has 0 spiro atoms. The van der Waals surface area contributed by atoms with Crippen LogP contribution in [0, 0.1) is 11.3 Å². The number of aromatic amines is 1. The molecule has 5 aromatic rings.